The van der Waals surface area contributed by atoms with E-state index in [0.717, 1.165) is 5.92 Å². The van der Waals surface area contributed by atoms with E-state index in [2.05, 4.69) is 17.6 Å². The van der Waals surface area contributed by atoms with Crippen molar-refractivity contribution in [3.8, 4) is 0 Å². The van der Waals surface area contributed by atoms with Crippen LogP contribution in [0.2, 0.25) is 0 Å². The molecule has 0 saturated heterocycles. The van der Waals surface area contributed by atoms with Crippen molar-refractivity contribution in [2.45, 2.75) is 58.0 Å². The molecule has 0 aliphatic heterocycles. The molecule has 1 saturated carbocycles. The fourth-order valence-corrected chi connectivity index (χ4v) is 2.46. The number of rotatable bonds is 4. The number of carbonyl (C=O) groups is 1. The van der Waals surface area contributed by atoms with Gasteiger partial charge in [0.25, 0.3) is 0 Å². The first-order chi connectivity index (χ1) is 7.15. The third kappa shape index (κ3) is 3.82. The normalized spacial score (nSPS) is 22.1. The zero-order chi connectivity index (χ0) is 11.3. The maximum Gasteiger partial charge on any atom is 0.236 e. The van der Waals surface area contributed by atoms with Crippen LogP contribution in [0.1, 0.15) is 46.0 Å². The third-order valence-electron chi connectivity index (χ3n) is 3.51. The summed E-state index contributed by atoms with van der Waals surface area (Å²) in [6.45, 7) is 4.13. The molecule has 0 aromatic heterocycles. The summed E-state index contributed by atoms with van der Waals surface area (Å²) in [7, 11) is 1.69. The number of carbonyl (C=O) groups excluding carboxylic acids is 1. The molecular weight excluding hydrogens is 188 g/mol. The van der Waals surface area contributed by atoms with Crippen LogP contribution in [0, 0.1) is 5.92 Å². The van der Waals surface area contributed by atoms with E-state index in [0.29, 0.717) is 6.04 Å². The van der Waals surface area contributed by atoms with Gasteiger partial charge in [0.15, 0.2) is 0 Å². The van der Waals surface area contributed by atoms with Gasteiger partial charge in [0.2, 0.25) is 5.91 Å². The molecule has 1 fully saturated rings. The van der Waals surface area contributed by atoms with Gasteiger partial charge < -0.3 is 10.6 Å². The molecule has 1 aliphatic rings. The molecule has 1 aliphatic carbocycles. The first kappa shape index (κ1) is 12.5. The largest absolute Gasteiger partial charge is 0.358 e. The lowest BCUT2D eigenvalue weighted by molar-refractivity contribution is -0.122. The van der Waals surface area contributed by atoms with E-state index >= 15 is 0 Å². The highest BCUT2D eigenvalue weighted by atomic mass is 16.2. The molecule has 15 heavy (non-hydrogen) atoms. The smallest absolute Gasteiger partial charge is 0.236 e. The molecule has 1 unspecified atom stereocenters. The molecule has 88 valence electrons. The van der Waals surface area contributed by atoms with Crippen LogP contribution >= 0.6 is 0 Å². The van der Waals surface area contributed by atoms with Crippen molar-refractivity contribution >= 4 is 5.91 Å². The predicted molar refractivity (Wildman–Crippen MR) is 62.7 cm³/mol. The fraction of sp³-hybridized carbons (Fsp3) is 0.917. The quantitative estimate of drug-likeness (QED) is 0.744. The summed E-state index contributed by atoms with van der Waals surface area (Å²) >= 11 is 0. The highest BCUT2D eigenvalue weighted by Crippen LogP contribution is 2.26. The van der Waals surface area contributed by atoms with Crippen molar-refractivity contribution in [1.82, 2.24) is 10.6 Å². The Hall–Kier alpha value is -0.570. The van der Waals surface area contributed by atoms with Crippen LogP contribution in [-0.2, 0) is 4.79 Å². The van der Waals surface area contributed by atoms with E-state index in [4.69, 9.17) is 0 Å². The molecule has 1 amide bonds. The summed E-state index contributed by atoms with van der Waals surface area (Å²) in [6, 6.07) is 0.379. The van der Waals surface area contributed by atoms with E-state index in [1.165, 1.54) is 32.1 Å². The van der Waals surface area contributed by atoms with Crippen molar-refractivity contribution in [1.29, 1.82) is 0 Å². The van der Waals surface area contributed by atoms with Crippen molar-refractivity contribution in [2.75, 3.05) is 7.05 Å². The maximum atomic E-state index is 11.4. The Morgan fingerprint density at radius 1 is 1.20 bits per heavy atom. The van der Waals surface area contributed by atoms with Crippen LogP contribution in [0.3, 0.4) is 0 Å². The van der Waals surface area contributed by atoms with Gasteiger partial charge in [-0.1, -0.05) is 19.3 Å². The minimum atomic E-state index is -0.0769. The summed E-state index contributed by atoms with van der Waals surface area (Å²) in [6.07, 6.45) is 6.72. The van der Waals surface area contributed by atoms with Crippen molar-refractivity contribution in [2.24, 2.45) is 5.92 Å². The van der Waals surface area contributed by atoms with Gasteiger partial charge in [-0.25, -0.2) is 0 Å². The van der Waals surface area contributed by atoms with Crippen LogP contribution in [0.5, 0.6) is 0 Å². The molecule has 3 nitrogen and oxygen atoms in total. The van der Waals surface area contributed by atoms with E-state index in [-0.39, 0.29) is 11.9 Å². The van der Waals surface area contributed by atoms with Gasteiger partial charge in [0.1, 0.15) is 0 Å². The molecule has 1 rings (SSSR count). The molecular formula is C12H24N2O. The fourth-order valence-electron chi connectivity index (χ4n) is 2.46. The number of amides is 1. The molecule has 0 aromatic rings. The van der Waals surface area contributed by atoms with Gasteiger partial charge in [0.05, 0.1) is 6.04 Å². The summed E-state index contributed by atoms with van der Waals surface area (Å²) in [5.41, 5.74) is 0. The zero-order valence-corrected chi connectivity index (χ0v) is 10.2. The Labute approximate surface area is 93.0 Å². The minimum Gasteiger partial charge on any atom is -0.358 e. The number of nitrogens with one attached hydrogen (secondary N) is 2. The number of hydrogen-bond donors (Lipinski definition) is 2. The average Bonchev–Trinajstić information content (AvgIpc) is 2.29. The zero-order valence-electron chi connectivity index (χ0n) is 10.2. The Morgan fingerprint density at radius 2 is 1.80 bits per heavy atom. The second-order valence-corrected chi connectivity index (χ2v) is 4.69. The Kier molecular flexibility index (Phi) is 5.09. The van der Waals surface area contributed by atoms with Crippen LogP contribution in [-0.4, -0.2) is 25.0 Å². The van der Waals surface area contributed by atoms with Gasteiger partial charge in [-0.05, 0) is 32.6 Å². The Morgan fingerprint density at radius 3 is 2.33 bits per heavy atom. The highest BCUT2D eigenvalue weighted by molar-refractivity contribution is 5.80. The third-order valence-corrected chi connectivity index (χ3v) is 3.51. The molecule has 0 spiro atoms. The summed E-state index contributed by atoms with van der Waals surface area (Å²) < 4.78 is 0. The monoisotopic (exact) mass is 212 g/mol. The van der Waals surface area contributed by atoms with E-state index in [9.17, 15) is 4.79 Å². The van der Waals surface area contributed by atoms with Gasteiger partial charge in [0, 0.05) is 13.1 Å². The van der Waals surface area contributed by atoms with Crippen molar-refractivity contribution in [3.05, 3.63) is 0 Å². The van der Waals surface area contributed by atoms with Crippen LogP contribution in [0.25, 0.3) is 0 Å². The van der Waals surface area contributed by atoms with E-state index in [1.54, 1.807) is 7.05 Å². The molecule has 2 N–H and O–H groups in total. The van der Waals surface area contributed by atoms with E-state index in [1.807, 2.05) is 6.92 Å². The topological polar surface area (TPSA) is 41.1 Å². The first-order valence-corrected chi connectivity index (χ1v) is 6.12. The maximum absolute atomic E-state index is 11.4. The molecule has 3 heteroatoms. The SMILES string of the molecule is CNC(=O)C(C)N[C@@H](C)C1CCCCC1. The predicted octanol–water partition coefficient (Wildman–Crippen LogP) is 1.68. The lowest BCUT2D eigenvalue weighted by Crippen LogP contribution is -2.47. The van der Waals surface area contributed by atoms with Crippen LogP contribution in [0.15, 0.2) is 0 Å². The average molecular weight is 212 g/mol. The highest BCUT2D eigenvalue weighted by Gasteiger charge is 2.22. The first-order valence-electron chi connectivity index (χ1n) is 6.12. The molecule has 0 radical (unpaired) electrons. The van der Waals surface area contributed by atoms with Gasteiger partial charge in [-0.15, -0.1) is 0 Å². The summed E-state index contributed by atoms with van der Waals surface area (Å²) in [4.78, 5) is 11.4. The Balaban J connectivity index is 2.33. The number of hydrogen-bond acceptors (Lipinski definition) is 2. The summed E-state index contributed by atoms with van der Waals surface area (Å²) in [5, 5.41) is 6.06. The molecule has 2 atom stereocenters. The van der Waals surface area contributed by atoms with Crippen LogP contribution < -0.4 is 10.6 Å². The lowest BCUT2D eigenvalue weighted by Gasteiger charge is -2.30. The van der Waals surface area contributed by atoms with E-state index < -0.39 is 0 Å². The second kappa shape index (κ2) is 6.11. The molecule has 0 bridgehead atoms. The van der Waals surface area contributed by atoms with Gasteiger partial charge >= 0.3 is 0 Å². The van der Waals surface area contributed by atoms with Gasteiger partial charge in [-0.2, -0.15) is 0 Å². The number of likely N-dealkylation sites (N-methyl/N-ethyl adjacent to an activating group) is 1. The molecule has 0 heterocycles. The second-order valence-electron chi connectivity index (χ2n) is 4.69. The molecule has 0 aromatic carbocycles. The van der Waals surface area contributed by atoms with Gasteiger partial charge in [-0.3, -0.25) is 4.79 Å². The summed E-state index contributed by atoms with van der Waals surface area (Å²) in [5.74, 6) is 0.837. The van der Waals surface area contributed by atoms with Crippen LogP contribution in [0.4, 0.5) is 0 Å². The standard InChI is InChI=1S/C12H24N2O/c1-9(11-7-5-4-6-8-11)14-10(2)12(15)13-3/h9-11,14H,4-8H2,1-3H3,(H,13,15)/t9-,10?/m0/s1. The van der Waals surface area contributed by atoms with Crippen molar-refractivity contribution in [3.63, 3.8) is 0 Å². The Bertz CT molecular complexity index is 200. The lowest BCUT2D eigenvalue weighted by atomic mass is 9.84. The minimum absolute atomic E-state index is 0.0769. The van der Waals surface area contributed by atoms with Crippen molar-refractivity contribution < 1.29 is 4.79 Å².